The summed E-state index contributed by atoms with van der Waals surface area (Å²) in [5.74, 6) is 1.48. The Hall–Kier alpha value is -3.19. The lowest BCUT2D eigenvalue weighted by atomic mass is 9.98. The minimum Gasteiger partial charge on any atom is -0.497 e. The first-order chi connectivity index (χ1) is 17.4. The lowest BCUT2D eigenvalue weighted by Gasteiger charge is -2.35. The summed E-state index contributed by atoms with van der Waals surface area (Å²) >= 11 is 0. The quantitative estimate of drug-likeness (QED) is 0.463. The largest absolute Gasteiger partial charge is 0.497 e. The molecule has 0 spiro atoms. The molecule has 1 atom stereocenters. The molecule has 1 amide bonds. The molecule has 7 heteroatoms. The number of nitrogens with zero attached hydrogens (tertiary/aromatic N) is 3. The van der Waals surface area contributed by atoms with Gasteiger partial charge in [-0.25, -0.2) is 9.37 Å². The number of aromatic nitrogens is 1. The van der Waals surface area contributed by atoms with Gasteiger partial charge in [0.15, 0.2) is 0 Å². The molecular weight excluding hydrogens is 457 g/mol. The SMILES string of the molecule is COc1ccc2cc(CN(CCc3ccc(F)cc3)C(=O)C(C)C)c(N3CCC[C@@H](CO)C3)nc2c1. The minimum absolute atomic E-state index is 0.0739. The Morgan fingerprint density at radius 2 is 2.00 bits per heavy atom. The van der Waals surface area contributed by atoms with Crippen LogP contribution in [-0.4, -0.2) is 54.2 Å². The number of halogens is 1. The predicted molar refractivity (Wildman–Crippen MR) is 141 cm³/mol. The molecule has 3 aromatic rings. The van der Waals surface area contributed by atoms with Crippen molar-refractivity contribution >= 4 is 22.6 Å². The van der Waals surface area contributed by atoms with Crippen LogP contribution < -0.4 is 9.64 Å². The number of carbonyl (C=O) groups excluding carboxylic acids is 1. The van der Waals surface area contributed by atoms with Gasteiger partial charge >= 0.3 is 0 Å². The van der Waals surface area contributed by atoms with Crippen LogP contribution in [0.4, 0.5) is 10.2 Å². The molecule has 0 saturated carbocycles. The van der Waals surface area contributed by atoms with Crippen LogP contribution in [0.2, 0.25) is 0 Å². The second-order valence-electron chi connectivity index (χ2n) is 9.96. The first-order valence-corrected chi connectivity index (χ1v) is 12.7. The lowest BCUT2D eigenvalue weighted by molar-refractivity contribution is -0.135. The minimum atomic E-state index is -0.264. The van der Waals surface area contributed by atoms with E-state index in [4.69, 9.17) is 9.72 Å². The van der Waals surface area contributed by atoms with E-state index in [1.165, 1.54) is 12.1 Å². The van der Waals surface area contributed by atoms with Gasteiger partial charge in [-0.15, -0.1) is 0 Å². The van der Waals surface area contributed by atoms with Crippen molar-refractivity contribution in [1.82, 2.24) is 9.88 Å². The number of hydrogen-bond donors (Lipinski definition) is 1. The average Bonchev–Trinajstić information content (AvgIpc) is 2.90. The van der Waals surface area contributed by atoms with Crippen molar-refractivity contribution in [3.05, 3.63) is 65.5 Å². The van der Waals surface area contributed by atoms with Crippen LogP contribution >= 0.6 is 0 Å². The number of amides is 1. The molecule has 36 heavy (non-hydrogen) atoms. The number of pyridine rings is 1. The fourth-order valence-electron chi connectivity index (χ4n) is 4.86. The summed E-state index contributed by atoms with van der Waals surface area (Å²) in [4.78, 5) is 22.4. The molecule has 1 fully saturated rings. The number of benzene rings is 2. The summed E-state index contributed by atoms with van der Waals surface area (Å²) in [6.07, 6.45) is 2.63. The van der Waals surface area contributed by atoms with Crippen LogP contribution in [0.15, 0.2) is 48.5 Å². The molecule has 1 N–H and O–H groups in total. The monoisotopic (exact) mass is 493 g/mol. The molecular formula is C29H36FN3O3. The normalized spacial score (nSPS) is 15.9. The summed E-state index contributed by atoms with van der Waals surface area (Å²) in [5.41, 5.74) is 2.82. The van der Waals surface area contributed by atoms with Crippen molar-refractivity contribution in [1.29, 1.82) is 0 Å². The molecule has 0 aliphatic carbocycles. The molecule has 1 aliphatic heterocycles. The third-order valence-corrected chi connectivity index (χ3v) is 6.91. The van der Waals surface area contributed by atoms with Gasteiger partial charge in [-0.05, 0) is 61.1 Å². The topological polar surface area (TPSA) is 65.9 Å². The van der Waals surface area contributed by atoms with Gasteiger partial charge in [-0.1, -0.05) is 26.0 Å². The summed E-state index contributed by atoms with van der Waals surface area (Å²) in [5, 5.41) is 10.8. The first kappa shape index (κ1) is 25.9. The highest BCUT2D eigenvalue weighted by molar-refractivity contribution is 5.84. The fraction of sp³-hybridized carbons (Fsp3) is 0.448. The van der Waals surface area contributed by atoms with Crippen molar-refractivity contribution < 1.29 is 19.0 Å². The second kappa shape index (κ2) is 11.7. The Balaban J connectivity index is 1.68. The van der Waals surface area contributed by atoms with Gasteiger partial charge in [0, 0.05) is 55.7 Å². The number of anilines is 1. The number of hydrogen-bond acceptors (Lipinski definition) is 5. The van der Waals surface area contributed by atoms with Crippen molar-refractivity contribution in [2.24, 2.45) is 11.8 Å². The van der Waals surface area contributed by atoms with Crippen molar-refractivity contribution in [3.63, 3.8) is 0 Å². The van der Waals surface area contributed by atoms with Gasteiger partial charge in [-0.2, -0.15) is 0 Å². The number of fused-ring (bicyclic) bond motifs is 1. The van der Waals surface area contributed by atoms with Crippen molar-refractivity contribution in [3.8, 4) is 5.75 Å². The summed E-state index contributed by atoms with van der Waals surface area (Å²) in [6, 6.07) is 14.4. The number of aliphatic hydroxyl groups is 1. The third kappa shape index (κ3) is 6.13. The number of rotatable bonds is 9. The van der Waals surface area contributed by atoms with E-state index < -0.39 is 0 Å². The van der Waals surface area contributed by atoms with E-state index in [9.17, 15) is 14.3 Å². The number of ether oxygens (including phenoxy) is 1. The highest BCUT2D eigenvalue weighted by Crippen LogP contribution is 2.30. The maximum absolute atomic E-state index is 13.4. The van der Waals surface area contributed by atoms with Crippen molar-refractivity contribution in [2.45, 2.75) is 39.7 Å². The van der Waals surface area contributed by atoms with Gasteiger partial charge in [-0.3, -0.25) is 4.79 Å². The number of piperidine rings is 1. The molecule has 1 aliphatic rings. The van der Waals surface area contributed by atoms with Crippen LogP contribution in [0, 0.1) is 17.7 Å². The zero-order valence-corrected chi connectivity index (χ0v) is 21.4. The molecule has 2 aromatic carbocycles. The Bertz CT molecular complexity index is 1180. The van der Waals surface area contributed by atoms with Gasteiger partial charge < -0.3 is 19.6 Å². The van der Waals surface area contributed by atoms with E-state index in [0.717, 1.165) is 59.5 Å². The van der Waals surface area contributed by atoms with Gasteiger partial charge in [0.25, 0.3) is 0 Å². The van der Waals surface area contributed by atoms with Crippen LogP contribution in [0.25, 0.3) is 10.9 Å². The summed E-state index contributed by atoms with van der Waals surface area (Å²) in [7, 11) is 1.64. The number of aliphatic hydroxyl groups excluding tert-OH is 1. The summed E-state index contributed by atoms with van der Waals surface area (Å²) < 4.78 is 18.8. The highest BCUT2D eigenvalue weighted by Gasteiger charge is 2.25. The smallest absolute Gasteiger partial charge is 0.225 e. The highest BCUT2D eigenvalue weighted by atomic mass is 19.1. The van der Waals surface area contributed by atoms with Crippen LogP contribution in [0.1, 0.15) is 37.8 Å². The predicted octanol–water partition coefficient (Wildman–Crippen LogP) is 4.82. The Kier molecular flexibility index (Phi) is 8.41. The Morgan fingerprint density at radius 1 is 1.22 bits per heavy atom. The van der Waals surface area contributed by atoms with Crippen LogP contribution in [0.5, 0.6) is 5.75 Å². The number of methoxy groups -OCH3 is 1. The van der Waals surface area contributed by atoms with Crippen LogP contribution in [-0.2, 0) is 17.8 Å². The van der Waals surface area contributed by atoms with E-state index in [0.29, 0.717) is 19.5 Å². The second-order valence-corrected chi connectivity index (χ2v) is 9.96. The van der Waals surface area contributed by atoms with Crippen LogP contribution in [0.3, 0.4) is 0 Å². The van der Waals surface area contributed by atoms with Gasteiger partial charge in [0.05, 0.1) is 12.6 Å². The Morgan fingerprint density at radius 3 is 2.69 bits per heavy atom. The molecule has 0 unspecified atom stereocenters. The molecule has 1 aromatic heterocycles. The molecule has 2 heterocycles. The standard InChI is InChI=1S/C29H36FN3O3/c1-20(2)29(35)33(14-12-21-6-9-25(30)10-7-21)18-24-15-23-8-11-26(36-3)16-27(23)31-28(24)32-13-4-5-22(17-32)19-34/h6-11,15-16,20,22,34H,4-5,12-14,17-19H2,1-3H3/t22-/m1/s1. The fourth-order valence-corrected chi connectivity index (χ4v) is 4.86. The zero-order valence-electron chi connectivity index (χ0n) is 21.4. The molecule has 0 bridgehead atoms. The van der Waals surface area contributed by atoms with E-state index in [2.05, 4.69) is 11.0 Å². The molecule has 4 rings (SSSR count). The maximum Gasteiger partial charge on any atom is 0.225 e. The van der Waals surface area contributed by atoms with E-state index in [1.807, 2.05) is 36.9 Å². The molecule has 6 nitrogen and oxygen atoms in total. The maximum atomic E-state index is 13.4. The molecule has 192 valence electrons. The lowest BCUT2D eigenvalue weighted by Crippen LogP contribution is -2.39. The first-order valence-electron chi connectivity index (χ1n) is 12.7. The van der Waals surface area contributed by atoms with Gasteiger partial charge in [0.2, 0.25) is 5.91 Å². The van der Waals surface area contributed by atoms with Gasteiger partial charge in [0.1, 0.15) is 17.4 Å². The van der Waals surface area contributed by atoms with Crippen molar-refractivity contribution in [2.75, 3.05) is 38.3 Å². The Labute approximate surface area is 212 Å². The average molecular weight is 494 g/mol. The number of carbonyl (C=O) groups is 1. The molecule has 0 radical (unpaired) electrons. The van der Waals surface area contributed by atoms with E-state index in [1.54, 1.807) is 19.2 Å². The molecule has 1 saturated heterocycles. The van der Waals surface area contributed by atoms with E-state index in [-0.39, 0.29) is 30.2 Å². The van der Waals surface area contributed by atoms with E-state index >= 15 is 0 Å². The third-order valence-electron chi connectivity index (χ3n) is 6.91. The summed E-state index contributed by atoms with van der Waals surface area (Å²) in [6.45, 7) is 6.54. The zero-order chi connectivity index (χ0) is 25.7.